The number of amidine groups is 1. The van der Waals surface area contributed by atoms with E-state index < -0.39 is 13.8 Å². The number of hydrogen-bond donors (Lipinski definition) is 3. The van der Waals surface area contributed by atoms with Gasteiger partial charge in [0.15, 0.2) is 22.7 Å². The Morgan fingerprint density at radius 3 is 3.00 bits per heavy atom. The van der Waals surface area contributed by atoms with Gasteiger partial charge in [-0.1, -0.05) is 16.3 Å². The average Bonchev–Trinajstić information content (AvgIpc) is 3.04. The molecule has 2 aromatic rings. The third-order valence-corrected chi connectivity index (χ3v) is 5.70. The molecule has 0 aliphatic rings. The van der Waals surface area contributed by atoms with Gasteiger partial charge in [0, 0.05) is 12.8 Å². The van der Waals surface area contributed by atoms with E-state index in [0.29, 0.717) is 22.6 Å². The molecule has 1 atom stereocenters. The molecule has 0 bridgehead atoms. The Balaban J connectivity index is 2.18. The fourth-order valence-corrected chi connectivity index (χ4v) is 3.74. The number of benzene rings is 1. The maximum absolute atomic E-state index is 13.3. The Kier molecular flexibility index (Phi) is 7.25. The van der Waals surface area contributed by atoms with E-state index in [9.17, 15) is 14.2 Å². The van der Waals surface area contributed by atoms with Gasteiger partial charge in [-0.3, -0.25) is 10.7 Å². The number of hydroxylamine groups is 1. The van der Waals surface area contributed by atoms with Crippen molar-refractivity contribution in [2.75, 3.05) is 19.0 Å². The summed E-state index contributed by atoms with van der Waals surface area (Å²) >= 11 is 4.33. The molecule has 0 radical (unpaired) electrons. The van der Waals surface area contributed by atoms with Crippen LogP contribution in [-0.4, -0.2) is 40.3 Å². The third-order valence-electron chi connectivity index (χ3n) is 2.72. The standard InChI is InChI=1S/C12H13BrFN5O3PS/c1-15-23(21)4-5-24-12-10(18-22-19-12)11(17-20)16-7-2-3-9(14)8(13)6-7/h2-3,6,20H,4-5H2,1H3,(H,15,21)(H,16,17)/q+1. The molecule has 0 amide bonds. The molecule has 0 saturated carbocycles. The molecule has 8 nitrogen and oxygen atoms in total. The summed E-state index contributed by atoms with van der Waals surface area (Å²) in [6.07, 6.45) is 0.437. The number of aliphatic imine (C=N–C) groups is 1. The molecule has 0 saturated heterocycles. The van der Waals surface area contributed by atoms with Crippen LogP contribution in [0.5, 0.6) is 0 Å². The molecule has 0 aliphatic heterocycles. The first kappa shape index (κ1) is 18.9. The van der Waals surface area contributed by atoms with Crippen LogP contribution in [0.1, 0.15) is 5.69 Å². The van der Waals surface area contributed by atoms with Crippen molar-refractivity contribution < 1.29 is 18.8 Å². The predicted octanol–water partition coefficient (Wildman–Crippen LogP) is 3.08. The van der Waals surface area contributed by atoms with Gasteiger partial charge in [-0.15, -0.1) is 5.09 Å². The first-order valence-electron chi connectivity index (χ1n) is 6.56. The van der Waals surface area contributed by atoms with Crippen LogP contribution in [0.2, 0.25) is 0 Å². The molecule has 128 valence electrons. The second-order valence-electron chi connectivity index (χ2n) is 4.26. The maximum atomic E-state index is 13.3. The van der Waals surface area contributed by atoms with Gasteiger partial charge in [-0.2, -0.15) is 0 Å². The number of nitrogens with zero attached hydrogens (tertiary/aromatic N) is 3. The van der Waals surface area contributed by atoms with Crippen LogP contribution in [0.15, 0.2) is 37.3 Å². The minimum atomic E-state index is -1.47. The van der Waals surface area contributed by atoms with Crippen LogP contribution in [0.3, 0.4) is 0 Å². The van der Waals surface area contributed by atoms with Gasteiger partial charge in [0.05, 0.1) is 10.2 Å². The van der Waals surface area contributed by atoms with E-state index in [1.165, 1.54) is 30.0 Å². The fraction of sp³-hybridized carbons (Fsp3) is 0.250. The normalized spacial score (nSPS) is 12.3. The Hall–Kier alpha value is -1.39. The van der Waals surface area contributed by atoms with E-state index in [-0.39, 0.29) is 16.0 Å². The third kappa shape index (κ3) is 5.05. The van der Waals surface area contributed by atoms with Gasteiger partial charge in [-0.25, -0.2) is 14.0 Å². The number of thioether (sulfide) groups is 1. The zero-order valence-corrected chi connectivity index (χ0v) is 15.7. The highest BCUT2D eigenvalue weighted by atomic mass is 79.9. The smallest absolute Gasteiger partial charge is 0.290 e. The summed E-state index contributed by atoms with van der Waals surface area (Å²) in [5.74, 6) is 0.0821. The molecule has 1 aromatic heterocycles. The second-order valence-corrected chi connectivity index (χ2v) is 7.85. The topological polar surface area (TPSA) is 113 Å². The van der Waals surface area contributed by atoms with Crippen LogP contribution in [0, 0.1) is 5.82 Å². The lowest BCUT2D eigenvalue weighted by Gasteiger charge is -2.03. The van der Waals surface area contributed by atoms with Gasteiger partial charge in [0.25, 0.3) is 0 Å². The van der Waals surface area contributed by atoms with Gasteiger partial charge in [0.2, 0.25) is 0 Å². The van der Waals surface area contributed by atoms with Crippen molar-refractivity contribution in [2.24, 2.45) is 4.99 Å². The monoisotopic (exact) mass is 436 g/mol. The predicted molar refractivity (Wildman–Crippen MR) is 91.8 cm³/mol. The van der Waals surface area contributed by atoms with Gasteiger partial charge >= 0.3 is 7.95 Å². The summed E-state index contributed by atoms with van der Waals surface area (Å²) in [6, 6.07) is 4.13. The van der Waals surface area contributed by atoms with E-state index in [0.717, 1.165) is 0 Å². The summed E-state index contributed by atoms with van der Waals surface area (Å²) in [4.78, 5) is 4.15. The number of nitrogens with one attached hydrogen (secondary N) is 2. The van der Waals surface area contributed by atoms with E-state index in [4.69, 9.17) is 0 Å². The van der Waals surface area contributed by atoms with Crippen molar-refractivity contribution in [1.82, 2.24) is 20.9 Å². The van der Waals surface area contributed by atoms with Crippen LogP contribution in [0.25, 0.3) is 0 Å². The minimum absolute atomic E-state index is 0.00439. The Bertz CT molecular complexity index is 760. The first-order chi connectivity index (χ1) is 11.5. The molecular weight excluding hydrogens is 424 g/mol. The average molecular weight is 437 g/mol. The van der Waals surface area contributed by atoms with E-state index in [1.807, 2.05) is 5.48 Å². The quantitative estimate of drug-likeness (QED) is 0.199. The number of rotatable bonds is 7. The molecule has 12 heteroatoms. The molecular formula is C12H13BrFN5O3PS+. The fourth-order valence-electron chi connectivity index (χ4n) is 1.57. The summed E-state index contributed by atoms with van der Waals surface area (Å²) in [6.45, 7) is 0. The number of aromatic nitrogens is 2. The van der Waals surface area contributed by atoms with Crippen LogP contribution >= 0.6 is 35.6 Å². The molecule has 0 spiro atoms. The molecule has 1 heterocycles. The van der Waals surface area contributed by atoms with E-state index in [1.54, 1.807) is 7.05 Å². The van der Waals surface area contributed by atoms with Gasteiger partial charge in [0.1, 0.15) is 5.82 Å². The van der Waals surface area contributed by atoms with Crippen molar-refractivity contribution in [2.45, 2.75) is 5.03 Å². The molecule has 1 unspecified atom stereocenters. The lowest BCUT2D eigenvalue weighted by molar-refractivity contribution is 0.234. The van der Waals surface area contributed by atoms with Gasteiger partial charge < -0.3 is 0 Å². The summed E-state index contributed by atoms with van der Waals surface area (Å²) < 4.78 is 29.6. The SMILES string of the molecule is CN[P+](=O)CCSc1nonc1C(=Nc1ccc(F)c(Br)c1)NO. The van der Waals surface area contributed by atoms with Crippen molar-refractivity contribution >= 4 is 47.2 Å². The highest BCUT2D eigenvalue weighted by Crippen LogP contribution is 2.25. The van der Waals surface area contributed by atoms with Crippen LogP contribution in [0.4, 0.5) is 10.1 Å². The molecule has 1 aromatic carbocycles. The lowest BCUT2D eigenvalue weighted by Crippen LogP contribution is -2.21. The highest BCUT2D eigenvalue weighted by molar-refractivity contribution is 9.10. The Morgan fingerprint density at radius 1 is 1.54 bits per heavy atom. The largest absolute Gasteiger partial charge is 0.432 e. The molecule has 3 N–H and O–H groups in total. The van der Waals surface area contributed by atoms with Crippen molar-refractivity contribution in [3.05, 3.63) is 34.2 Å². The van der Waals surface area contributed by atoms with Crippen molar-refractivity contribution in [3.8, 4) is 0 Å². The molecule has 24 heavy (non-hydrogen) atoms. The zero-order chi connectivity index (χ0) is 17.5. The first-order valence-corrected chi connectivity index (χ1v) is 9.79. The summed E-state index contributed by atoms with van der Waals surface area (Å²) in [5.41, 5.74) is 2.52. The van der Waals surface area contributed by atoms with Gasteiger partial charge in [-0.05, 0) is 44.4 Å². The minimum Gasteiger partial charge on any atom is -0.290 e. The summed E-state index contributed by atoms with van der Waals surface area (Å²) in [7, 11) is 0.148. The summed E-state index contributed by atoms with van der Waals surface area (Å²) in [5, 5.41) is 19.8. The second kappa shape index (κ2) is 9.19. The lowest BCUT2D eigenvalue weighted by atomic mass is 10.3. The van der Waals surface area contributed by atoms with Crippen LogP contribution < -0.4 is 10.6 Å². The Morgan fingerprint density at radius 2 is 2.33 bits per heavy atom. The number of hydrogen-bond acceptors (Lipinski definition) is 7. The zero-order valence-electron chi connectivity index (χ0n) is 12.4. The molecule has 2 rings (SSSR count). The van der Waals surface area contributed by atoms with E-state index in [2.05, 4.69) is 41.0 Å². The maximum Gasteiger partial charge on any atom is 0.432 e. The molecule has 0 fully saturated rings. The van der Waals surface area contributed by atoms with Crippen molar-refractivity contribution in [1.29, 1.82) is 0 Å². The molecule has 0 aliphatic carbocycles. The van der Waals surface area contributed by atoms with E-state index >= 15 is 0 Å². The Labute approximate surface area is 150 Å². The van der Waals surface area contributed by atoms with Crippen molar-refractivity contribution in [3.63, 3.8) is 0 Å². The highest BCUT2D eigenvalue weighted by Gasteiger charge is 2.19. The number of halogens is 2. The van der Waals surface area contributed by atoms with Crippen LogP contribution in [-0.2, 0) is 4.57 Å².